The Morgan fingerprint density at radius 3 is 2.54 bits per heavy atom. The average Bonchev–Trinajstić information content (AvgIpc) is 1.95. The maximum Gasteiger partial charge on any atom is 0.00797 e. The predicted molar refractivity (Wildman–Crippen MR) is 57.7 cm³/mol. The van der Waals surface area contributed by atoms with Gasteiger partial charge in [-0.1, -0.05) is 13.8 Å². The second-order valence-electron chi connectivity index (χ2n) is 5.59. The zero-order valence-electron chi connectivity index (χ0n) is 9.51. The van der Waals surface area contributed by atoms with Gasteiger partial charge in [-0.15, -0.1) is 0 Å². The van der Waals surface area contributed by atoms with Crippen molar-refractivity contribution in [3.05, 3.63) is 0 Å². The molecule has 0 heterocycles. The number of rotatable bonds is 2. The van der Waals surface area contributed by atoms with Crippen LogP contribution in [0, 0.1) is 11.3 Å². The van der Waals surface area contributed by atoms with Crippen LogP contribution in [-0.2, 0) is 0 Å². The van der Waals surface area contributed by atoms with Crippen LogP contribution >= 0.6 is 0 Å². The van der Waals surface area contributed by atoms with Gasteiger partial charge in [0.1, 0.15) is 0 Å². The SMILES string of the molecule is CN(C)CC1CC(C)(C)CCC1N. The third-order valence-electron chi connectivity index (χ3n) is 3.17. The minimum atomic E-state index is 0.426. The van der Waals surface area contributed by atoms with Crippen molar-refractivity contribution in [1.29, 1.82) is 0 Å². The number of hydrogen-bond acceptors (Lipinski definition) is 2. The molecule has 0 aromatic rings. The van der Waals surface area contributed by atoms with Gasteiger partial charge in [0.25, 0.3) is 0 Å². The highest BCUT2D eigenvalue weighted by Crippen LogP contribution is 2.38. The Kier molecular flexibility index (Phi) is 3.36. The fourth-order valence-electron chi connectivity index (χ4n) is 2.43. The highest BCUT2D eigenvalue weighted by molar-refractivity contribution is 4.87. The smallest absolute Gasteiger partial charge is 0.00797 e. The quantitative estimate of drug-likeness (QED) is 0.708. The first-order valence-corrected chi connectivity index (χ1v) is 5.31. The van der Waals surface area contributed by atoms with Gasteiger partial charge in [0.15, 0.2) is 0 Å². The van der Waals surface area contributed by atoms with E-state index in [4.69, 9.17) is 5.73 Å². The summed E-state index contributed by atoms with van der Waals surface area (Å²) >= 11 is 0. The van der Waals surface area contributed by atoms with Gasteiger partial charge in [-0.3, -0.25) is 0 Å². The van der Waals surface area contributed by atoms with Crippen LogP contribution in [-0.4, -0.2) is 31.6 Å². The van der Waals surface area contributed by atoms with Crippen LogP contribution in [0.2, 0.25) is 0 Å². The molecule has 1 fully saturated rings. The molecule has 2 N–H and O–H groups in total. The second-order valence-corrected chi connectivity index (χ2v) is 5.59. The summed E-state index contributed by atoms with van der Waals surface area (Å²) in [5.74, 6) is 0.693. The lowest BCUT2D eigenvalue weighted by Crippen LogP contribution is -2.43. The van der Waals surface area contributed by atoms with Crippen LogP contribution in [0.1, 0.15) is 33.1 Å². The molecular weight excluding hydrogens is 160 g/mol. The molecule has 0 radical (unpaired) electrons. The molecule has 0 bridgehead atoms. The van der Waals surface area contributed by atoms with Crippen molar-refractivity contribution in [3.8, 4) is 0 Å². The number of nitrogens with zero attached hydrogens (tertiary/aromatic N) is 1. The fourth-order valence-corrected chi connectivity index (χ4v) is 2.43. The molecule has 0 aromatic carbocycles. The molecule has 1 aliphatic carbocycles. The van der Waals surface area contributed by atoms with E-state index in [-0.39, 0.29) is 0 Å². The molecule has 0 aromatic heterocycles. The van der Waals surface area contributed by atoms with Crippen molar-refractivity contribution in [1.82, 2.24) is 4.90 Å². The first-order chi connectivity index (χ1) is 5.91. The molecular formula is C11H24N2. The van der Waals surface area contributed by atoms with Gasteiger partial charge in [0.2, 0.25) is 0 Å². The van der Waals surface area contributed by atoms with E-state index < -0.39 is 0 Å². The third-order valence-corrected chi connectivity index (χ3v) is 3.17. The minimum absolute atomic E-state index is 0.426. The Morgan fingerprint density at radius 2 is 2.00 bits per heavy atom. The lowest BCUT2D eigenvalue weighted by atomic mass is 9.70. The van der Waals surface area contributed by atoms with Crippen molar-refractivity contribution >= 4 is 0 Å². The van der Waals surface area contributed by atoms with Crippen LogP contribution in [0.25, 0.3) is 0 Å². The summed E-state index contributed by atoms with van der Waals surface area (Å²) in [5.41, 5.74) is 6.63. The van der Waals surface area contributed by atoms with E-state index in [0.29, 0.717) is 17.4 Å². The summed E-state index contributed by atoms with van der Waals surface area (Å²) in [6.07, 6.45) is 3.77. The Hall–Kier alpha value is -0.0800. The first kappa shape index (κ1) is 11.0. The largest absolute Gasteiger partial charge is 0.327 e. The standard InChI is InChI=1S/C11H24N2/c1-11(2)6-5-10(12)9(7-11)8-13(3)4/h9-10H,5-8,12H2,1-4H3. The summed E-state index contributed by atoms with van der Waals surface area (Å²) in [6.45, 7) is 5.87. The zero-order chi connectivity index (χ0) is 10.1. The van der Waals surface area contributed by atoms with Crippen molar-refractivity contribution in [2.75, 3.05) is 20.6 Å². The van der Waals surface area contributed by atoms with Crippen LogP contribution in [0.3, 0.4) is 0 Å². The third kappa shape index (κ3) is 3.28. The Bertz CT molecular complexity index is 163. The van der Waals surface area contributed by atoms with E-state index in [1.165, 1.54) is 19.3 Å². The van der Waals surface area contributed by atoms with E-state index in [1.807, 2.05) is 0 Å². The predicted octanol–water partition coefficient (Wildman–Crippen LogP) is 1.70. The Morgan fingerprint density at radius 1 is 1.38 bits per heavy atom. The fraction of sp³-hybridized carbons (Fsp3) is 1.00. The van der Waals surface area contributed by atoms with Gasteiger partial charge in [0.05, 0.1) is 0 Å². The summed E-state index contributed by atoms with van der Waals surface area (Å²) in [5, 5.41) is 0. The number of hydrogen-bond donors (Lipinski definition) is 1. The average molecular weight is 184 g/mol. The summed E-state index contributed by atoms with van der Waals surface area (Å²) in [6, 6.07) is 0.426. The van der Waals surface area contributed by atoms with Crippen molar-refractivity contribution in [2.24, 2.45) is 17.1 Å². The van der Waals surface area contributed by atoms with Crippen LogP contribution in [0.15, 0.2) is 0 Å². The second kappa shape index (κ2) is 3.97. The molecule has 1 rings (SSSR count). The van der Waals surface area contributed by atoms with E-state index >= 15 is 0 Å². The number of nitrogens with two attached hydrogens (primary N) is 1. The molecule has 0 saturated heterocycles. The van der Waals surface area contributed by atoms with E-state index in [1.54, 1.807) is 0 Å². The van der Waals surface area contributed by atoms with E-state index in [2.05, 4.69) is 32.8 Å². The van der Waals surface area contributed by atoms with Gasteiger partial charge >= 0.3 is 0 Å². The molecule has 2 unspecified atom stereocenters. The maximum atomic E-state index is 6.12. The van der Waals surface area contributed by atoms with Gasteiger partial charge in [-0.05, 0) is 44.7 Å². The first-order valence-electron chi connectivity index (χ1n) is 5.31. The molecule has 2 heteroatoms. The highest BCUT2D eigenvalue weighted by atomic mass is 15.1. The van der Waals surface area contributed by atoms with Crippen LogP contribution in [0.5, 0.6) is 0 Å². The Balaban J connectivity index is 2.50. The lowest BCUT2D eigenvalue weighted by molar-refractivity contribution is 0.133. The summed E-state index contributed by atoms with van der Waals surface area (Å²) < 4.78 is 0. The molecule has 1 aliphatic rings. The van der Waals surface area contributed by atoms with Crippen molar-refractivity contribution in [3.63, 3.8) is 0 Å². The molecule has 0 spiro atoms. The van der Waals surface area contributed by atoms with E-state index in [9.17, 15) is 0 Å². The minimum Gasteiger partial charge on any atom is -0.327 e. The monoisotopic (exact) mass is 184 g/mol. The van der Waals surface area contributed by atoms with Crippen molar-refractivity contribution < 1.29 is 0 Å². The van der Waals surface area contributed by atoms with Crippen LogP contribution in [0.4, 0.5) is 0 Å². The lowest BCUT2D eigenvalue weighted by Gasteiger charge is -2.40. The van der Waals surface area contributed by atoms with Gasteiger partial charge in [-0.2, -0.15) is 0 Å². The molecule has 1 saturated carbocycles. The molecule has 2 nitrogen and oxygen atoms in total. The topological polar surface area (TPSA) is 29.3 Å². The van der Waals surface area contributed by atoms with Gasteiger partial charge < -0.3 is 10.6 Å². The van der Waals surface area contributed by atoms with Gasteiger partial charge in [0, 0.05) is 12.6 Å². The van der Waals surface area contributed by atoms with Crippen molar-refractivity contribution in [2.45, 2.75) is 39.2 Å². The summed E-state index contributed by atoms with van der Waals surface area (Å²) in [7, 11) is 4.27. The maximum absolute atomic E-state index is 6.12. The summed E-state index contributed by atoms with van der Waals surface area (Å²) in [4.78, 5) is 2.26. The molecule has 78 valence electrons. The van der Waals surface area contributed by atoms with Gasteiger partial charge in [-0.25, -0.2) is 0 Å². The zero-order valence-corrected chi connectivity index (χ0v) is 9.51. The van der Waals surface area contributed by atoms with E-state index in [0.717, 1.165) is 6.54 Å². The molecule has 0 amide bonds. The highest BCUT2D eigenvalue weighted by Gasteiger charge is 2.32. The molecule has 2 atom stereocenters. The Labute approximate surface area is 82.5 Å². The normalized spacial score (nSPS) is 33.7. The molecule has 0 aliphatic heterocycles. The van der Waals surface area contributed by atoms with Crippen LogP contribution < -0.4 is 5.73 Å². The molecule has 13 heavy (non-hydrogen) atoms.